The molecule has 1 unspecified atom stereocenters. The number of carbonyl (C=O) groups is 2. The van der Waals surface area contributed by atoms with Crippen LogP contribution in [0.3, 0.4) is 0 Å². The number of anilines is 1. The summed E-state index contributed by atoms with van der Waals surface area (Å²) in [4.78, 5) is 24.3. The third-order valence-electron chi connectivity index (χ3n) is 3.82. The third-order valence-corrected chi connectivity index (χ3v) is 4.87. The number of hydrogen-bond acceptors (Lipinski definition) is 6. The van der Waals surface area contributed by atoms with Crippen LogP contribution in [0.1, 0.15) is 29.8 Å². The number of aryl methyl sites for hydroxylation is 1. The zero-order chi connectivity index (χ0) is 20.9. The second-order valence-corrected chi connectivity index (χ2v) is 7.55. The smallest absolute Gasteiger partial charge is 0.338 e. The van der Waals surface area contributed by atoms with E-state index in [1.807, 2.05) is 6.92 Å². The van der Waals surface area contributed by atoms with Crippen molar-refractivity contribution in [3.8, 4) is 5.75 Å². The predicted molar refractivity (Wildman–Crippen MR) is 104 cm³/mol. The number of amides is 1. The van der Waals surface area contributed by atoms with Gasteiger partial charge in [-0.1, -0.05) is 6.07 Å². The normalized spacial score (nSPS) is 12.1. The van der Waals surface area contributed by atoms with E-state index in [0.717, 1.165) is 6.07 Å². The lowest BCUT2D eigenvalue weighted by atomic mass is 10.1. The summed E-state index contributed by atoms with van der Waals surface area (Å²) in [5.41, 5.74) is 0.902. The highest BCUT2D eigenvalue weighted by molar-refractivity contribution is 7.89. The molecule has 0 aromatic heterocycles. The van der Waals surface area contributed by atoms with Crippen LogP contribution in [0.2, 0.25) is 0 Å². The van der Waals surface area contributed by atoms with Crippen LogP contribution in [0, 0.1) is 6.92 Å². The maximum Gasteiger partial charge on any atom is 0.338 e. The van der Waals surface area contributed by atoms with E-state index >= 15 is 0 Å². The van der Waals surface area contributed by atoms with Crippen molar-refractivity contribution < 1.29 is 27.5 Å². The molecule has 0 aliphatic heterocycles. The Balaban J connectivity index is 2.04. The molecule has 1 atom stereocenters. The topological polar surface area (TPSA) is 125 Å². The Morgan fingerprint density at radius 3 is 2.36 bits per heavy atom. The lowest BCUT2D eigenvalue weighted by Gasteiger charge is -2.14. The molecule has 1 amide bonds. The zero-order valence-corrected chi connectivity index (χ0v) is 16.6. The molecule has 0 saturated carbocycles. The summed E-state index contributed by atoms with van der Waals surface area (Å²) in [7, 11) is -3.98. The average molecular weight is 406 g/mol. The number of benzene rings is 2. The largest absolute Gasteiger partial charge is 0.494 e. The van der Waals surface area contributed by atoms with Crippen molar-refractivity contribution in [2.75, 3.05) is 11.9 Å². The molecule has 0 spiro atoms. The molecule has 8 nitrogen and oxygen atoms in total. The van der Waals surface area contributed by atoms with Crippen molar-refractivity contribution in [2.45, 2.75) is 31.8 Å². The van der Waals surface area contributed by atoms with Gasteiger partial charge in [-0.25, -0.2) is 18.4 Å². The van der Waals surface area contributed by atoms with Crippen LogP contribution >= 0.6 is 0 Å². The fraction of sp³-hybridized carbons (Fsp3) is 0.263. The summed E-state index contributed by atoms with van der Waals surface area (Å²) in [5.74, 6) is -0.694. The van der Waals surface area contributed by atoms with Gasteiger partial charge >= 0.3 is 5.97 Å². The summed E-state index contributed by atoms with van der Waals surface area (Å²) in [6, 6.07) is 10.7. The molecule has 2 aromatic carbocycles. The van der Waals surface area contributed by atoms with Crippen LogP contribution in [0.5, 0.6) is 5.75 Å². The van der Waals surface area contributed by atoms with Crippen molar-refractivity contribution in [1.82, 2.24) is 0 Å². The number of hydrogen-bond donors (Lipinski definition) is 2. The molecule has 0 aliphatic rings. The highest BCUT2D eigenvalue weighted by Gasteiger charge is 2.21. The predicted octanol–water partition coefficient (Wildman–Crippen LogP) is 2.23. The first kappa shape index (κ1) is 21.4. The molecule has 2 aromatic rings. The number of rotatable bonds is 7. The van der Waals surface area contributed by atoms with Crippen molar-refractivity contribution >= 4 is 27.6 Å². The Bertz CT molecular complexity index is 970. The van der Waals surface area contributed by atoms with Crippen LogP contribution in [0.15, 0.2) is 47.4 Å². The summed E-state index contributed by atoms with van der Waals surface area (Å²) >= 11 is 0. The minimum Gasteiger partial charge on any atom is -0.494 e. The summed E-state index contributed by atoms with van der Waals surface area (Å²) in [6.07, 6.45) is -1.10. The second-order valence-electron chi connectivity index (χ2n) is 6.02. The van der Waals surface area contributed by atoms with Crippen LogP contribution < -0.4 is 15.2 Å². The van der Waals surface area contributed by atoms with Gasteiger partial charge in [-0.15, -0.1) is 0 Å². The molecule has 28 heavy (non-hydrogen) atoms. The summed E-state index contributed by atoms with van der Waals surface area (Å²) in [6.45, 7) is 5.37. The lowest BCUT2D eigenvalue weighted by Crippen LogP contribution is -2.30. The second kappa shape index (κ2) is 8.85. The highest BCUT2D eigenvalue weighted by atomic mass is 32.2. The molecule has 0 aliphatic carbocycles. The Labute approximate surface area is 163 Å². The number of ether oxygens (including phenoxy) is 2. The van der Waals surface area contributed by atoms with E-state index in [1.165, 1.54) is 19.1 Å². The molecule has 0 fully saturated rings. The van der Waals surface area contributed by atoms with Gasteiger partial charge in [-0.3, -0.25) is 4.79 Å². The van der Waals surface area contributed by atoms with Gasteiger partial charge in [0.25, 0.3) is 5.91 Å². The van der Waals surface area contributed by atoms with Crippen LogP contribution in [-0.2, 0) is 19.6 Å². The first-order chi connectivity index (χ1) is 13.1. The number of esters is 1. The first-order valence-electron chi connectivity index (χ1n) is 8.50. The van der Waals surface area contributed by atoms with E-state index in [-0.39, 0.29) is 10.5 Å². The molecule has 9 heteroatoms. The molecular formula is C19H22N2O6S. The van der Waals surface area contributed by atoms with E-state index < -0.39 is 28.0 Å². The fourth-order valence-corrected chi connectivity index (χ4v) is 3.17. The van der Waals surface area contributed by atoms with E-state index in [4.69, 9.17) is 14.6 Å². The van der Waals surface area contributed by atoms with Gasteiger partial charge in [0.1, 0.15) is 5.75 Å². The van der Waals surface area contributed by atoms with Crippen molar-refractivity contribution in [2.24, 2.45) is 5.14 Å². The molecule has 2 rings (SSSR count). The van der Waals surface area contributed by atoms with E-state index in [2.05, 4.69) is 5.32 Å². The summed E-state index contributed by atoms with van der Waals surface area (Å²) < 4.78 is 33.6. The van der Waals surface area contributed by atoms with Gasteiger partial charge in [0.05, 0.1) is 17.1 Å². The van der Waals surface area contributed by atoms with Gasteiger partial charge in [0, 0.05) is 5.69 Å². The number of primary sulfonamides is 1. The molecule has 0 radical (unpaired) electrons. The Morgan fingerprint density at radius 1 is 1.14 bits per heavy atom. The van der Waals surface area contributed by atoms with Gasteiger partial charge in [0.15, 0.2) is 6.10 Å². The Morgan fingerprint density at radius 2 is 1.79 bits per heavy atom. The number of nitrogens with two attached hydrogens (primary N) is 1. The molecule has 150 valence electrons. The summed E-state index contributed by atoms with van der Waals surface area (Å²) in [5, 5.41) is 7.76. The monoisotopic (exact) mass is 406 g/mol. The minimum absolute atomic E-state index is 0.0182. The number of sulfonamides is 1. The molecule has 0 heterocycles. The van der Waals surface area contributed by atoms with Crippen molar-refractivity contribution in [1.29, 1.82) is 0 Å². The molecule has 3 N–H and O–H groups in total. The minimum atomic E-state index is -3.98. The van der Waals surface area contributed by atoms with Gasteiger partial charge in [0.2, 0.25) is 10.0 Å². The van der Waals surface area contributed by atoms with Gasteiger partial charge in [-0.2, -0.15) is 0 Å². The van der Waals surface area contributed by atoms with E-state index in [1.54, 1.807) is 31.2 Å². The van der Waals surface area contributed by atoms with Gasteiger partial charge in [-0.05, 0) is 62.7 Å². The third kappa shape index (κ3) is 5.54. The maximum atomic E-state index is 12.3. The van der Waals surface area contributed by atoms with Crippen molar-refractivity contribution in [3.05, 3.63) is 53.6 Å². The lowest BCUT2D eigenvalue weighted by molar-refractivity contribution is -0.123. The zero-order valence-electron chi connectivity index (χ0n) is 15.8. The standard InChI is InChI=1S/C19H22N2O6S/c1-4-26-16-9-7-15(8-10-16)21-18(22)13(3)27-19(23)14-6-5-12(2)17(11-14)28(20,24)25/h5-11,13H,4H2,1-3H3,(H,21,22)(H2,20,24,25). The average Bonchev–Trinajstić information content (AvgIpc) is 2.62. The first-order valence-corrected chi connectivity index (χ1v) is 10.0. The maximum absolute atomic E-state index is 12.3. The molecular weight excluding hydrogens is 384 g/mol. The fourth-order valence-electron chi connectivity index (χ4n) is 2.36. The van der Waals surface area contributed by atoms with Crippen molar-refractivity contribution in [3.63, 3.8) is 0 Å². The number of carbonyl (C=O) groups excluding carboxylic acids is 2. The van der Waals surface area contributed by atoms with Crippen LogP contribution in [0.25, 0.3) is 0 Å². The molecule has 0 bridgehead atoms. The number of nitrogens with one attached hydrogen (secondary N) is 1. The SMILES string of the molecule is CCOc1ccc(NC(=O)C(C)OC(=O)c2ccc(C)c(S(N)(=O)=O)c2)cc1. The van der Waals surface area contributed by atoms with Gasteiger partial charge < -0.3 is 14.8 Å². The van der Waals surface area contributed by atoms with Crippen LogP contribution in [0.4, 0.5) is 5.69 Å². The highest BCUT2D eigenvalue weighted by Crippen LogP contribution is 2.18. The van der Waals surface area contributed by atoms with E-state index in [0.29, 0.717) is 23.6 Å². The Hall–Kier alpha value is -2.91. The van der Waals surface area contributed by atoms with E-state index in [9.17, 15) is 18.0 Å². The molecule has 0 saturated heterocycles. The Kier molecular flexibility index (Phi) is 6.76. The quantitative estimate of drug-likeness (QED) is 0.679. The van der Waals surface area contributed by atoms with Crippen LogP contribution in [-0.4, -0.2) is 33.0 Å².